The summed E-state index contributed by atoms with van der Waals surface area (Å²) in [4.78, 5) is 42.8. The van der Waals surface area contributed by atoms with Gasteiger partial charge in [0.05, 0.1) is 19.2 Å². The van der Waals surface area contributed by atoms with E-state index in [0.29, 0.717) is 33.5 Å². The van der Waals surface area contributed by atoms with E-state index in [1.165, 1.54) is 9.80 Å². The Morgan fingerprint density at radius 1 is 1.03 bits per heavy atom. The first-order valence-corrected chi connectivity index (χ1v) is 11.8. The number of hydrogen-bond donors (Lipinski definition) is 0. The van der Waals surface area contributed by atoms with E-state index in [1.54, 1.807) is 61.7 Å². The van der Waals surface area contributed by atoms with Crippen LogP contribution in [-0.4, -0.2) is 35.8 Å². The van der Waals surface area contributed by atoms with Crippen LogP contribution in [0.1, 0.15) is 47.7 Å². The molecule has 0 N–H and O–H groups in total. The Kier molecular flexibility index (Phi) is 7.22. The van der Waals surface area contributed by atoms with Crippen LogP contribution in [0.5, 0.6) is 5.75 Å². The number of anilines is 1. The van der Waals surface area contributed by atoms with Gasteiger partial charge in [0.25, 0.3) is 11.8 Å². The summed E-state index contributed by atoms with van der Waals surface area (Å²) in [6.07, 6.45) is -0.100. The molecule has 0 aromatic heterocycles. The third-order valence-electron chi connectivity index (χ3n) is 6.21. The molecule has 3 aromatic rings. The molecule has 35 heavy (non-hydrogen) atoms. The summed E-state index contributed by atoms with van der Waals surface area (Å²) in [6, 6.07) is 20.3. The number of amides is 3. The number of benzene rings is 3. The molecule has 3 amide bonds. The number of carbonyl (C=O) groups is 3. The van der Waals surface area contributed by atoms with Crippen LogP contribution in [-0.2, 0) is 16.1 Å². The maximum Gasteiger partial charge on any atom is 0.257 e. The summed E-state index contributed by atoms with van der Waals surface area (Å²) >= 11 is 6.38. The molecule has 0 saturated carbocycles. The van der Waals surface area contributed by atoms with Crippen molar-refractivity contribution < 1.29 is 19.1 Å². The Hall–Kier alpha value is -3.64. The zero-order valence-corrected chi connectivity index (χ0v) is 20.7. The lowest BCUT2D eigenvalue weighted by atomic mass is 10.0. The Bertz CT molecular complexity index is 1240. The third kappa shape index (κ3) is 5.08. The fourth-order valence-corrected chi connectivity index (χ4v) is 4.37. The molecule has 0 bridgehead atoms. The summed E-state index contributed by atoms with van der Waals surface area (Å²) in [6.45, 7) is 4.25. The zero-order chi connectivity index (χ0) is 25.1. The molecule has 1 saturated heterocycles. The molecular formula is C28H27ClN2O4. The van der Waals surface area contributed by atoms with Gasteiger partial charge in [-0.2, -0.15) is 0 Å². The summed E-state index contributed by atoms with van der Waals surface area (Å²) < 4.78 is 5.19. The van der Waals surface area contributed by atoms with Gasteiger partial charge in [-0.05, 0) is 59.5 Å². The highest BCUT2D eigenvalue weighted by atomic mass is 35.5. The molecule has 1 aliphatic rings. The molecule has 3 aromatic carbocycles. The molecule has 1 heterocycles. The van der Waals surface area contributed by atoms with Gasteiger partial charge in [0.15, 0.2) is 0 Å². The highest BCUT2D eigenvalue weighted by Gasteiger charge is 2.44. The maximum atomic E-state index is 13.6. The first-order valence-electron chi connectivity index (χ1n) is 11.5. The zero-order valence-electron chi connectivity index (χ0n) is 19.9. The van der Waals surface area contributed by atoms with Crippen molar-refractivity contribution in [1.29, 1.82) is 0 Å². The monoisotopic (exact) mass is 490 g/mol. The van der Waals surface area contributed by atoms with E-state index in [4.69, 9.17) is 16.3 Å². The third-order valence-corrected chi connectivity index (χ3v) is 6.58. The Morgan fingerprint density at radius 2 is 1.69 bits per heavy atom. The first-order chi connectivity index (χ1) is 16.8. The van der Waals surface area contributed by atoms with Gasteiger partial charge >= 0.3 is 0 Å². The Balaban J connectivity index is 1.68. The topological polar surface area (TPSA) is 66.9 Å². The molecule has 0 spiro atoms. The smallest absolute Gasteiger partial charge is 0.257 e. The summed E-state index contributed by atoms with van der Waals surface area (Å²) in [7, 11) is 1.55. The average molecular weight is 491 g/mol. The van der Waals surface area contributed by atoms with Crippen molar-refractivity contribution in [3.8, 4) is 5.75 Å². The predicted molar refractivity (Wildman–Crippen MR) is 136 cm³/mol. The lowest BCUT2D eigenvalue weighted by molar-refractivity contribution is -0.122. The number of methoxy groups -OCH3 is 1. The number of rotatable bonds is 7. The maximum absolute atomic E-state index is 13.6. The van der Waals surface area contributed by atoms with Crippen molar-refractivity contribution in [2.75, 3.05) is 12.0 Å². The van der Waals surface area contributed by atoms with Crippen molar-refractivity contribution in [3.63, 3.8) is 0 Å². The van der Waals surface area contributed by atoms with Crippen LogP contribution in [0.4, 0.5) is 5.69 Å². The first kappa shape index (κ1) is 24.5. The molecule has 1 unspecified atom stereocenters. The van der Waals surface area contributed by atoms with E-state index in [-0.39, 0.29) is 24.8 Å². The lowest BCUT2D eigenvalue weighted by Gasteiger charge is -2.28. The average Bonchev–Trinajstić information content (AvgIpc) is 3.16. The van der Waals surface area contributed by atoms with E-state index >= 15 is 0 Å². The van der Waals surface area contributed by atoms with Crippen molar-refractivity contribution >= 4 is 35.0 Å². The molecule has 7 heteroatoms. The van der Waals surface area contributed by atoms with Gasteiger partial charge in [0.2, 0.25) is 5.91 Å². The standard InChI is InChI=1S/C28H27ClN2O4/c1-18(2)19-8-12-22(13-9-19)31-26(32)16-25(28(31)34)30(17-21-6-4-5-7-24(21)29)27(33)20-10-14-23(35-3)15-11-20/h4-15,18,25H,16-17H2,1-3H3. The highest BCUT2D eigenvalue weighted by molar-refractivity contribution is 6.31. The minimum atomic E-state index is -0.946. The minimum Gasteiger partial charge on any atom is -0.497 e. The molecule has 0 radical (unpaired) electrons. The molecule has 0 aliphatic carbocycles. The normalized spacial score (nSPS) is 15.6. The van der Waals surface area contributed by atoms with E-state index in [0.717, 1.165) is 5.56 Å². The number of nitrogens with zero attached hydrogens (tertiary/aromatic N) is 2. The quantitative estimate of drug-likeness (QED) is 0.413. The van der Waals surface area contributed by atoms with Gasteiger partial charge in [-0.15, -0.1) is 0 Å². The molecule has 1 atom stereocenters. The van der Waals surface area contributed by atoms with Gasteiger partial charge in [-0.1, -0.05) is 55.8 Å². The van der Waals surface area contributed by atoms with Crippen molar-refractivity contribution in [1.82, 2.24) is 4.90 Å². The van der Waals surface area contributed by atoms with Crippen LogP contribution >= 0.6 is 11.6 Å². The number of hydrogen-bond acceptors (Lipinski definition) is 4. The predicted octanol–water partition coefficient (Wildman–Crippen LogP) is 5.45. The molecule has 6 nitrogen and oxygen atoms in total. The van der Waals surface area contributed by atoms with E-state index < -0.39 is 11.9 Å². The van der Waals surface area contributed by atoms with Crippen LogP contribution < -0.4 is 9.64 Å². The van der Waals surface area contributed by atoms with Crippen LogP contribution in [0.15, 0.2) is 72.8 Å². The number of ether oxygens (including phenoxy) is 1. The lowest BCUT2D eigenvalue weighted by Crippen LogP contribution is -2.45. The van der Waals surface area contributed by atoms with Crippen molar-refractivity contribution in [2.24, 2.45) is 0 Å². The number of halogens is 1. The van der Waals surface area contributed by atoms with Gasteiger partial charge < -0.3 is 9.64 Å². The van der Waals surface area contributed by atoms with Crippen LogP contribution in [0.3, 0.4) is 0 Å². The molecule has 4 rings (SSSR count). The molecule has 1 fully saturated rings. The van der Waals surface area contributed by atoms with Gasteiger partial charge in [0.1, 0.15) is 11.8 Å². The van der Waals surface area contributed by atoms with Crippen LogP contribution in [0, 0.1) is 0 Å². The van der Waals surface area contributed by atoms with E-state index in [9.17, 15) is 14.4 Å². The molecular weight excluding hydrogens is 464 g/mol. The van der Waals surface area contributed by atoms with E-state index in [1.807, 2.05) is 18.2 Å². The van der Waals surface area contributed by atoms with E-state index in [2.05, 4.69) is 13.8 Å². The van der Waals surface area contributed by atoms with Crippen molar-refractivity contribution in [2.45, 2.75) is 38.8 Å². The Morgan fingerprint density at radius 3 is 2.29 bits per heavy atom. The molecule has 1 aliphatic heterocycles. The fraction of sp³-hybridized carbons (Fsp3) is 0.250. The van der Waals surface area contributed by atoms with Crippen LogP contribution in [0.2, 0.25) is 5.02 Å². The van der Waals surface area contributed by atoms with Crippen LogP contribution in [0.25, 0.3) is 0 Å². The van der Waals surface area contributed by atoms with Crippen molar-refractivity contribution in [3.05, 3.63) is 94.5 Å². The second-order valence-corrected chi connectivity index (χ2v) is 9.19. The second kappa shape index (κ2) is 10.3. The van der Waals surface area contributed by atoms with Gasteiger partial charge in [0, 0.05) is 17.1 Å². The molecule has 180 valence electrons. The highest BCUT2D eigenvalue weighted by Crippen LogP contribution is 2.30. The largest absolute Gasteiger partial charge is 0.497 e. The summed E-state index contributed by atoms with van der Waals surface area (Å²) in [5.74, 6) is -0.196. The second-order valence-electron chi connectivity index (χ2n) is 8.79. The van der Waals surface area contributed by atoms with Gasteiger partial charge in [-0.3, -0.25) is 14.4 Å². The summed E-state index contributed by atoms with van der Waals surface area (Å²) in [5.41, 5.74) is 2.69. The Labute approximate surface area is 210 Å². The number of carbonyl (C=O) groups excluding carboxylic acids is 3. The summed E-state index contributed by atoms with van der Waals surface area (Å²) in [5, 5.41) is 0.484. The number of imide groups is 1. The van der Waals surface area contributed by atoms with Gasteiger partial charge in [-0.25, -0.2) is 4.90 Å². The fourth-order valence-electron chi connectivity index (χ4n) is 4.17. The SMILES string of the molecule is COc1ccc(C(=O)N(Cc2ccccc2Cl)C2CC(=O)N(c3ccc(C(C)C)cc3)C2=O)cc1. The minimum absolute atomic E-state index is 0.0916.